The first-order valence-corrected chi connectivity index (χ1v) is 9.24. The van der Waals surface area contributed by atoms with Crippen molar-refractivity contribution in [2.75, 3.05) is 10.6 Å². The van der Waals surface area contributed by atoms with Crippen LogP contribution in [-0.4, -0.2) is 5.91 Å². The van der Waals surface area contributed by atoms with E-state index in [0.29, 0.717) is 0 Å². The van der Waals surface area contributed by atoms with Gasteiger partial charge in [0.25, 0.3) is 0 Å². The molecule has 0 aliphatic rings. The van der Waals surface area contributed by atoms with Gasteiger partial charge in [-0.2, -0.15) is 0 Å². The number of aryl methyl sites for hydroxylation is 1. The number of halogens is 1. The van der Waals surface area contributed by atoms with E-state index >= 15 is 0 Å². The van der Waals surface area contributed by atoms with Crippen LogP contribution in [0, 0.1) is 6.92 Å². The minimum atomic E-state index is -0.0732. The Morgan fingerprint density at radius 2 is 1.74 bits per heavy atom. The molecule has 140 valence electrons. The minimum Gasteiger partial charge on any atom is -1.00 e. The van der Waals surface area contributed by atoms with Gasteiger partial charge in [-0.05, 0) is 31.2 Å². The van der Waals surface area contributed by atoms with Gasteiger partial charge in [0.2, 0.25) is 5.91 Å². The highest BCUT2D eigenvalue weighted by atomic mass is 79.9. The Labute approximate surface area is 174 Å². The van der Waals surface area contributed by atoms with E-state index in [4.69, 9.17) is 0 Å². The number of aromatic nitrogens is 1. The lowest BCUT2D eigenvalue weighted by Crippen LogP contribution is -3.00. The van der Waals surface area contributed by atoms with Crippen LogP contribution in [0.1, 0.15) is 11.8 Å². The highest BCUT2D eigenvalue weighted by Crippen LogP contribution is 2.30. The van der Waals surface area contributed by atoms with Crippen LogP contribution < -0.4 is 32.2 Å². The quantitative estimate of drug-likeness (QED) is 0.451. The highest BCUT2D eigenvalue weighted by molar-refractivity contribution is 7.15. The molecule has 0 unspecified atom stereocenters. The molecule has 0 aliphatic heterocycles. The predicted molar refractivity (Wildman–Crippen MR) is 109 cm³/mol. The molecule has 0 aliphatic carbocycles. The number of carbonyl (C=O) groups excluding carboxylic acids is 1. The summed E-state index contributed by atoms with van der Waals surface area (Å²) in [6.07, 6.45) is 1.91. The summed E-state index contributed by atoms with van der Waals surface area (Å²) < 4.78 is 2.24. The van der Waals surface area contributed by atoms with Gasteiger partial charge < -0.3 is 22.3 Å². The van der Waals surface area contributed by atoms with Gasteiger partial charge in [0.05, 0.1) is 4.88 Å². The van der Waals surface area contributed by atoms with Gasteiger partial charge in [0, 0.05) is 18.2 Å². The third-order valence-corrected chi connectivity index (χ3v) is 4.93. The van der Waals surface area contributed by atoms with Gasteiger partial charge in [-0.15, -0.1) is 0 Å². The summed E-state index contributed by atoms with van der Waals surface area (Å²) >= 11 is 1.72. The molecule has 0 saturated carbocycles. The monoisotopic (exact) mass is 443 g/mol. The number of hydrogen-bond donors (Lipinski definition) is 2. The number of nitrogens with one attached hydrogen (secondary N) is 2. The largest absolute Gasteiger partial charge is 1.00 e. The SMILES string of the molecule is C=CC[n+]1c(Nc2ccc(NC(C)=O)cc2)sc(C)c1-c1ccccc1.[Br-]. The number of thiazole rings is 1. The molecule has 2 N–H and O–H groups in total. The number of anilines is 3. The maximum atomic E-state index is 11.1. The number of allylic oxidation sites excluding steroid dienone is 1. The summed E-state index contributed by atoms with van der Waals surface area (Å²) in [5, 5.41) is 7.32. The van der Waals surface area contributed by atoms with E-state index in [0.717, 1.165) is 23.1 Å². The fourth-order valence-corrected chi connectivity index (χ4v) is 3.91. The number of hydrogen-bond acceptors (Lipinski definition) is 3. The van der Waals surface area contributed by atoms with Crippen molar-refractivity contribution in [1.29, 1.82) is 0 Å². The number of amides is 1. The summed E-state index contributed by atoms with van der Waals surface area (Å²) in [4.78, 5) is 12.4. The molecule has 1 amide bonds. The van der Waals surface area contributed by atoms with Gasteiger partial charge in [0.1, 0.15) is 17.9 Å². The van der Waals surface area contributed by atoms with E-state index in [1.54, 1.807) is 11.3 Å². The Morgan fingerprint density at radius 1 is 1.11 bits per heavy atom. The van der Waals surface area contributed by atoms with E-state index in [2.05, 4.69) is 53.0 Å². The van der Waals surface area contributed by atoms with Crippen LogP contribution in [0.4, 0.5) is 16.5 Å². The molecule has 0 bridgehead atoms. The van der Waals surface area contributed by atoms with Crippen molar-refractivity contribution < 1.29 is 26.3 Å². The van der Waals surface area contributed by atoms with Crippen molar-refractivity contribution in [3.8, 4) is 11.3 Å². The number of carbonyl (C=O) groups is 1. The topological polar surface area (TPSA) is 45.0 Å². The first-order chi connectivity index (χ1) is 12.6. The molecule has 4 nitrogen and oxygen atoms in total. The standard InChI is InChI=1S/C21H21N3OS.BrH/c1-4-14-24-20(17-8-6-5-7-9-17)15(2)26-21(24)23-19-12-10-18(11-13-19)22-16(3)25;/h4-13H,1,14H2,2-3H3,(H,22,25);1H. The average molecular weight is 444 g/mol. The van der Waals surface area contributed by atoms with Gasteiger partial charge >= 0.3 is 5.13 Å². The van der Waals surface area contributed by atoms with E-state index in [1.165, 1.54) is 23.1 Å². The Hall–Kier alpha value is -2.44. The molecular formula is C21H22BrN3OS. The molecule has 3 rings (SSSR count). The Kier molecular flexibility index (Phi) is 7.33. The van der Waals surface area contributed by atoms with Gasteiger partial charge in [0.15, 0.2) is 0 Å². The van der Waals surface area contributed by atoms with E-state index in [1.807, 2.05) is 36.4 Å². The molecule has 0 radical (unpaired) electrons. The predicted octanol–water partition coefficient (Wildman–Crippen LogP) is 1.90. The lowest BCUT2D eigenvalue weighted by molar-refractivity contribution is -0.657. The summed E-state index contributed by atoms with van der Waals surface area (Å²) in [6.45, 7) is 8.27. The van der Waals surface area contributed by atoms with E-state index in [9.17, 15) is 4.79 Å². The molecule has 2 aromatic carbocycles. The zero-order valence-corrected chi connectivity index (χ0v) is 17.7. The summed E-state index contributed by atoms with van der Waals surface area (Å²) in [5.41, 5.74) is 4.15. The molecule has 6 heteroatoms. The molecule has 0 atom stereocenters. The first kappa shape index (κ1) is 20.9. The summed E-state index contributed by atoms with van der Waals surface area (Å²) in [7, 11) is 0. The molecule has 0 spiro atoms. The van der Waals surface area contributed by atoms with Gasteiger partial charge in [-0.25, -0.2) is 9.88 Å². The summed E-state index contributed by atoms with van der Waals surface area (Å²) in [6, 6.07) is 18.1. The fraction of sp³-hybridized carbons (Fsp3) is 0.143. The zero-order chi connectivity index (χ0) is 18.5. The first-order valence-electron chi connectivity index (χ1n) is 8.42. The zero-order valence-electron chi connectivity index (χ0n) is 15.3. The lowest BCUT2D eigenvalue weighted by Gasteiger charge is -2.06. The van der Waals surface area contributed by atoms with Crippen LogP contribution in [0.25, 0.3) is 11.3 Å². The minimum absolute atomic E-state index is 0. The molecule has 3 aromatic rings. The molecule has 0 saturated heterocycles. The van der Waals surface area contributed by atoms with E-state index < -0.39 is 0 Å². The maximum absolute atomic E-state index is 11.1. The highest BCUT2D eigenvalue weighted by Gasteiger charge is 2.22. The number of nitrogens with zero attached hydrogens (tertiary/aromatic N) is 1. The molecular weight excluding hydrogens is 422 g/mol. The lowest BCUT2D eigenvalue weighted by atomic mass is 10.1. The van der Waals surface area contributed by atoms with Crippen molar-refractivity contribution >= 4 is 33.8 Å². The van der Waals surface area contributed by atoms with Crippen molar-refractivity contribution in [1.82, 2.24) is 0 Å². The second-order valence-corrected chi connectivity index (χ2v) is 7.16. The summed E-state index contributed by atoms with van der Waals surface area (Å²) in [5.74, 6) is -0.0732. The Bertz CT molecular complexity index is 921. The molecule has 27 heavy (non-hydrogen) atoms. The van der Waals surface area contributed by atoms with Gasteiger partial charge in [-0.1, -0.05) is 54.3 Å². The Balaban J connectivity index is 0.00000261. The van der Waals surface area contributed by atoms with Crippen molar-refractivity contribution in [3.63, 3.8) is 0 Å². The van der Waals surface area contributed by atoms with E-state index in [-0.39, 0.29) is 22.9 Å². The molecule has 0 fully saturated rings. The van der Waals surface area contributed by atoms with Gasteiger partial charge in [-0.3, -0.25) is 4.79 Å². The van der Waals surface area contributed by atoms with Crippen LogP contribution >= 0.6 is 11.3 Å². The average Bonchev–Trinajstić information content (AvgIpc) is 2.92. The number of rotatable bonds is 6. The second-order valence-electron chi connectivity index (χ2n) is 5.96. The molecule has 1 aromatic heterocycles. The molecule has 1 heterocycles. The van der Waals surface area contributed by atoms with Crippen molar-refractivity contribution in [2.24, 2.45) is 0 Å². The smallest absolute Gasteiger partial charge is 0.339 e. The third-order valence-electron chi connectivity index (χ3n) is 3.91. The van der Waals surface area contributed by atoms with Crippen LogP contribution in [-0.2, 0) is 11.3 Å². The third kappa shape index (κ3) is 5.05. The Morgan fingerprint density at radius 3 is 2.33 bits per heavy atom. The van der Waals surface area contributed by atoms with Crippen molar-refractivity contribution in [2.45, 2.75) is 20.4 Å². The second kappa shape index (κ2) is 9.48. The van der Waals surface area contributed by atoms with Crippen LogP contribution in [0.15, 0.2) is 67.3 Å². The van der Waals surface area contributed by atoms with Crippen LogP contribution in [0.2, 0.25) is 0 Å². The van der Waals surface area contributed by atoms with Crippen molar-refractivity contribution in [3.05, 3.63) is 72.1 Å². The van der Waals surface area contributed by atoms with Crippen LogP contribution in [0.5, 0.6) is 0 Å². The fourth-order valence-electron chi connectivity index (χ4n) is 2.86. The normalized spacial score (nSPS) is 10.0. The maximum Gasteiger partial charge on any atom is 0.339 e. The van der Waals surface area contributed by atoms with Crippen LogP contribution in [0.3, 0.4) is 0 Å². The number of benzene rings is 2.